The second kappa shape index (κ2) is 14.7. The Labute approximate surface area is 280 Å². The molecule has 4 aromatic rings. The number of hydrogen-bond donors (Lipinski definition) is 0. The fourth-order valence-electron chi connectivity index (χ4n) is 5.64. The smallest absolute Gasteiger partial charge is 0.338 e. The van der Waals surface area contributed by atoms with Crippen LogP contribution in [0, 0.1) is 0 Å². The van der Waals surface area contributed by atoms with E-state index in [1.807, 2.05) is 42.5 Å². The molecule has 248 valence electrons. The topological polar surface area (TPSA) is 118 Å². The highest BCUT2D eigenvalue weighted by Gasteiger charge is 2.35. The van der Waals surface area contributed by atoms with E-state index in [1.54, 1.807) is 55.3 Å². The van der Waals surface area contributed by atoms with Crippen molar-refractivity contribution in [1.29, 1.82) is 0 Å². The number of fused-ring (bicyclic) bond motifs is 1. The van der Waals surface area contributed by atoms with Crippen LogP contribution in [0.1, 0.15) is 29.7 Å². The van der Waals surface area contributed by atoms with Gasteiger partial charge in [0.05, 0.1) is 55.9 Å². The molecule has 3 heterocycles. The van der Waals surface area contributed by atoms with Gasteiger partial charge in [-0.15, -0.1) is 0 Å². The molecule has 6 rings (SSSR count). The minimum atomic E-state index is -0.864. The molecule has 1 fully saturated rings. The molecule has 0 saturated carbocycles. The molecule has 0 aliphatic carbocycles. The Kier molecular flexibility index (Phi) is 10.0. The second-order valence-electron chi connectivity index (χ2n) is 10.9. The number of hydrogen-bond acceptors (Lipinski definition) is 10. The van der Waals surface area contributed by atoms with Gasteiger partial charge in [0.25, 0.3) is 11.5 Å². The molecule has 1 amide bonds. The summed E-state index contributed by atoms with van der Waals surface area (Å²) < 4.78 is 29.6. The van der Waals surface area contributed by atoms with Crippen molar-refractivity contribution >= 4 is 35.0 Å². The maximum atomic E-state index is 14.2. The van der Waals surface area contributed by atoms with Crippen LogP contribution in [-0.2, 0) is 19.1 Å². The van der Waals surface area contributed by atoms with Crippen molar-refractivity contribution in [3.63, 3.8) is 0 Å². The largest absolute Gasteiger partial charge is 0.493 e. The average molecular weight is 670 g/mol. The lowest BCUT2D eigenvalue weighted by Gasteiger charge is -2.26. The standard InChI is InChI=1S/C36H35N3O8S/c1-4-46-35(42)31-32(24-8-6-5-7-9-24)37-36-39(33(31)25-12-15-27(43-2)28(21-25)44-3)34(41)29(48-36)20-23-10-13-26(14-11-23)47-22-30(40)38-16-18-45-19-17-38/h5-15,20-21,33H,4,16-19,22H2,1-3H3/b29-20+/t33-/m0/s1. The monoisotopic (exact) mass is 669 g/mol. The average Bonchev–Trinajstić information content (AvgIpc) is 3.44. The van der Waals surface area contributed by atoms with Gasteiger partial charge in [-0.25, -0.2) is 9.79 Å². The van der Waals surface area contributed by atoms with Crippen molar-refractivity contribution in [3.05, 3.63) is 115 Å². The molecule has 1 aromatic heterocycles. The van der Waals surface area contributed by atoms with E-state index in [0.717, 1.165) is 5.56 Å². The lowest BCUT2D eigenvalue weighted by molar-refractivity contribution is -0.139. The third-order valence-electron chi connectivity index (χ3n) is 8.00. The molecular weight excluding hydrogens is 634 g/mol. The number of nitrogens with zero attached hydrogens (tertiary/aromatic N) is 3. The molecule has 11 nitrogen and oxygen atoms in total. The van der Waals surface area contributed by atoms with Crippen LogP contribution in [-0.4, -0.2) is 75.1 Å². The zero-order chi connectivity index (χ0) is 33.6. The Morgan fingerprint density at radius 1 is 0.979 bits per heavy atom. The van der Waals surface area contributed by atoms with Crippen molar-refractivity contribution in [1.82, 2.24) is 9.47 Å². The van der Waals surface area contributed by atoms with Crippen LogP contribution >= 0.6 is 11.3 Å². The maximum absolute atomic E-state index is 14.2. The Morgan fingerprint density at radius 3 is 2.40 bits per heavy atom. The van der Waals surface area contributed by atoms with Crippen LogP contribution in [0.25, 0.3) is 11.8 Å². The number of thiazole rings is 1. The number of rotatable bonds is 10. The van der Waals surface area contributed by atoms with E-state index in [4.69, 9.17) is 28.7 Å². The predicted octanol–water partition coefficient (Wildman–Crippen LogP) is 3.19. The van der Waals surface area contributed by atoms with Crippen molar-refractivity contribution < 1.29 is 33.3 Å². The number of ether oxygens (including phenoxy) is 5. The van der Waals surface area contributed by atoms with Gasteiger partial charge in [-0.2, -0.15) is 0 Å². The van der Waals surface area contributed by atoms with E-state index in [-0.39, 0.29) is 30.3 Å². The molecule has 12 heteroatoms. The molecule has 0 N–H and O–H groups in total. The molecular formula is C36H35N3O8S. The summed E-state index contributed by atoms with van der Waals surface area (Å²) in [7, 11) is 3.07. The number of methoxy groups -OCH3 is 2. The summed E-state index contributed by atoms with van der Waals surface area (Å²) in [5.41, 5.74) is 2.44. The van der Waals surface area contributed by atoms with E-state index < -0.39 is 12.0 Å². The van der Waals surface area contributed by atoms with E-state index in [9.17, 15) is 14.4 Å². The number of esters is 1. The Morgan fingerprint density at radius 2 is 1.71 bits per heavy atom. The highest BCUT2D eigenvalue weighted by Crippen LogP contribution is 2.38. The number of benzene rings is 3. The van der Waals surface area contributed by atoms with Crippen molar-refractivity contribution in [2.24, 2.45) is 4.99 Å². The van der Waals surface area contributed by atoms with Gasteiger partial charge in [-0.1, -0.05) is 59.9 Å². The number of amides is 1. The van der Waals surface area contributed by atoms with Crippen LogP contribution < -0.4 is 29.1 Å². The van der Waals surface area contributed by atoms with E-state index >= 15 is 0 Å². The van der Waals surface area contributed by atoms with Gasteiger partial charge in [-0.05, 0) is 48.4 Å². The predicted molar refractivity (Wildman–Crippen MR) is 180 cm³/mol. The molecule has 0 radical (unpaired) electrons. The highest BCUT2D eigenvalue weighted by atomic mass is 32.1. The van der Waals surface area contributed by atoms with Crippen LogP contribution in [0.3, 0.4) is 0 Å². The zero-order valence-corrected chi connectivity index (χ0v) is 27.7. The van der Waals surface area contributed by atoms with Gasteiger partial charge < -0.3 is 28.6 Å². The zero-order valence-electron chi connectivity index (χ0n) is 26.8. The van der Waals surface area contributed by atoms with Crippen molar-refractivity contribution in [3.8, 4) is 17.2 Å². The minimum Gasteiger partial charge on any atom is -0.493 e. The first-order chi connectivity index (χ1) is 23.4. The van der Waals surface area contributed by atoms with Gasteiger partial charge >= 0.3 is 5.97 Å². The summed E-state index contributed by atoms with van der Waals surface area (Å²) in [5, 5.41) is 0. The first-order valence-electron chi connectivity index (χ1n) is 15.5. The lowest BCUT2D eigenvalue weighted by atomic mass is 9.93. The second-order valence-corrected chi connectivity index (χ2v) is 11.9. The normalized spacial score (nSPS) is 16.2. The van der Waals surface area contributed by atoms with Gasteiger partial charge in [0, 0.05) is 18.7 Å². The Hall–Kier alpha value is -5.20. The summed E-state index contributed by atoms with van der Waals surface area (Å²) in [5.74, 6) is 0.834. The number of morpholine rings is 1. The van der Waals surface area contributed by atoms with Crippen LogP contribution in [0.15, 0.2) is 88.2 Å². The fraction of sp³-hybridized carbons (Fsp3) is 0.278. The van der Waals surface area contributed by atoms with Crippen molar-refractivity contribution in [2.75, 3.05) is 53.7 Å². The third-order valence-corrected chi connectivity index (χ3v) is 8.98. The molecule has 1 atom stereocenters. The molecule has 0 spiro atoms. The van der Waals surface area contributed by atoms with Crippen LogP contribution in [0.2, 0.25) is 0 Å². The quantitative estimate of drug-likeness (QED) is 0.237. The maximum Gasteiger partial charge on any atom is 0.338 e. The van der Waals surface area contributed by atoms with E-state index in [1.165, 1.54) is 23.0 Å². The van der Waals surface area contributed by atoms with Gasteiger partial charge in [0.1, 0.15) is 5.75 Å². The van der Waals surface area contributed by atoms with Gasteiger partial charge in [0.15, 0.2) is 22.9 Å². The van der Waals surface area contributed by atoms with Crippen LogP contribution in [0.5, 0.6) is 17.2 Å². The first kappa shape index (κ1) is 32.7. The summed E-state index contributed by atoms with van der Waals surface area (Å²) >= 11 is 1.23. The number of aromatic nitrogens is 1. The summed E-state index contributed by atoms with van der Waals surface area (Å²) in [4.78, 5) is 47.5. The van der Waals surface area contributed by atoms with E-state index in [0.29, 0.717) is 69.7 Å². The molecule has 48 heavy (non-hydrogen) atoms. The Bertz CT molecular complexity index is 2010. The molecule has 1 saturated heterocycles. The third kappa shape index (κ3) is 6.76. The first-order valence-corrected chi connectivity index (χ1v) is 16.3. The van der Waals surface area contributed by atoms with Crippen molar-refractivity contribution in [2.45, 2.75) is 13.0 Å². The highest BCUT2D eigenvalue weighted by molar-refractivity contribution is 7.07. The molecule has 3 aromatic carbocycles. The summed E-state index contributed by atoms with van der Waals surface area (Å²) in [6, 6.07) is 21.0. The lowest BCUT2D eigenvalue weighted by Crippen LogP contribution is -2.42. The van der Waals surface area contributed by atoms with Crippen LogP contribution in [0.4, 0.5) is 0 Å². The molecule has 0 bridgehead atoms. The minimum absolute atomic E-state index is 0.0688. The molecule has 0 unspecified atom stereocenters. The number of carbonyl (C=O) groups is 2. The summed E-state index contributed by atoms with van der Waals surface area (Å²) in [6.45, 7) is 3.98. The fourth-order valence-corrected chi connectivity index (χ4v) is 6.64. The van der Waals surface area contributed by atoms with Gasteiger partial charge in [0.2, 0.25) is 0 Å². The number of carbonyl (C=O) groups excluding carboxylic acids is 2. The van der Waals surface area contributed by atoms with E-state index in [2.05, 4.69) is 0 Å². The SMILES string of the molecule is CCOC(=O)C1=C(c2ccccc2)N=c2s/c(=C/c3ccc(OCC(=O)N4CCOCC4)cc3)c(=O)n2[C@H]1c1ccc(OC)c(OC)c1. The molecule has 2 aliphatic rings. The van der Waals surface area contributed by atoms with Gasteiger partial charge in [-0.3, -0.25) is 14.2 Å². The Balaban J connectivity index is 1.41. The summed E-state index contributed by atoms with van der Waals surface area (Å²) in [6.07, 6.45) is 1.77. The molecule has 2 aliphatic heterocycles.